The van der Waals surface area contributed by atoms with Crippen LogP contribution in [0.3, 0.4) is 0 Å². The molecular weight excluding hydrogens is 290 g/mol. The van der Waals surface area contributed by atoms with Crippen LogP contribution in [0.4, 0.5) is 0 Å². The van der Waals surface area contributed by atoms with E-state index >= 15 is 0 Å². The van der Waals surface area contributed by atoms with Crippen molar-refractivity contribution >= 4 is 17.0 Å². The summed E-state index contributed by atoms with van der Waals surface area (Å²) in [4.78, 5) is 18.2. The lowest BCUT2D eigenvalue weighted by atomic mass is 10.0. The number of para-hydroxylation sites is 2. The van der Waals surface area contributed by atoms with Gasteiger partial charge in [-0.2, -0.15) is 0 Å². The van der Waals surface area contributed by atoms with Crippen molar-refractivity contribution in [3.8, 4) is 0 Å². The summed E-state index contributed by atoms with van der Waals surface area (Å²) < 4.78 is 2.38. The highest BCUT2D eigenvalue weighted by Crippen LogP contribution is 2.30. The van der Waals surface area contributed by atoms with Crippen LogP contribution in [0.15, 0.2) is 24.3 Å². The predicted octanol–water partition coefficient (Wildman–Crippen LogP) is 3.10. The minimum absolute atomic E-state index is 0.346. The smallest absolute Gasteiger partial charge is 0.320 e. The number of imidazole rings is 1. The van der Waals surface area contributed by atoms with Gasteiger partial charge in [-0.15, -0.1) is 0 Å². The number of rotatable bonds is 5. The van der Waals surface area contributed by atoms with Gasteiger partial charge in [0.05, 0.1) is 11.0 Å². The summed E-state index contributed by atoms with van der Waals surface area (Å²) in [7, 11) is 0. The summed E-state index contributed by atoms with van der Waals surface area (Å²) in [5.74, 6) is 0.434. The highest BCUT2D eigenvalue weighted by atomic mass is 16.4. The standard InChI is InChI=1S/C18H25N3O2/c1-3-15(18(22)23)20-11-9-13(10-12-20)21-16-8-6-5-7-14(16)19-17(21)4-2/h5-8,13,15H,3-4,9-12H2,1-2H3,(H,22,23). The number of piperidine rings is 1. The maximum absolute atomic E-state index is 11.4. The second-order valence-corrected chi connectivity index (χ2v) is 6.27. The summed E-state index contributed by atoms with van der Waals surface area (Å²) in [6.07, 6.45) is 3.55. The number of fused-ring (bicyclic) bond motifs is 1. The first kappa shape index (κ1) is 16.0. The molecule has 5 heteroatoms. The Morgan fingerprint density at radius 1 is 1.30 bits per heavy atom. The average molecular weight is 315 g/mol. The van der Waals surface area contributed by atoms with Crippen LogP contribution in [-0.4, -0.2) is 44.7 Å². The Bertz CT molecular complexity index is 687. The van der Waals surface area contributed by atoms with E-state index in [2.05, 4.69) is 34.6 Å². The van der Waals surface area contributed by atoms with E-state index in [-0.39, 0.29) is 6.04 Å². The highest BCUT2D eigenvalue weighted by molar-refractivity contribution is 5.76. The number of hydrogen-bond acceptors (Lipinski definition) is 3. The van der Waals surface area contributed by atoms with Gasteiger partial charge < -0.3 is 9.67 Å². The van der Waals surface area contributed by atoms with Crippen LogP contribution in [0.2, 0.25) is 0 Å². The molecule has 0 radical (unpaired) electrons. The Kier molecular flexibility index (Phi) is 4.66. The normalized spacial score (nSPS) is 18.3. The van der Waals surface area contributed by atoms with E-state index in [1.165, 1.54) is 5.52 Å². The van der Waals surface area contributed by atoms with E-state index in [1.807, 2.05) is 13.0 Å². The van der Waals surface area contributed by atoms with Gasteiger partial charge in [-0.25, -0.2) is 4.98 Å². The van der Waals surface area contributed by atoms with E-state index < -0.39 is 5.97 Å². The zero-order valence-corrected chi connectivity index (χ0v) is 13.9. The summed E-state index contributed by atoms with van der Waals surface area (Å²) >= 11 is 0. The number of benzene rings is 1. The first-order chi connectivity index (χ1) is 11.2. The number of nitrogens with zero attached hydrogens (tertiary/aromatic N) is 3. The van der Waals surface area contributed by atoms with Crippen LogP contribution in [0.5, 0.6) is 0 Å². The van der Waals surface area contributed by atoms with Gasteiger partial charge in [0.15, 0.2) is 0 Å². The number of carboxylic acid groups (broad SMARTS) is 1. The number of likely N-dealkylation sites (tertiary alicyclic amines) is 1. The molecule has 124 valence electrons. The van der Waals surface area contributed by atoms with Crippen LogP contribution in [0, 0.1) is 0 Å². The maximum atomic E-state index is 11.4. The fourth-order valence-corrected chi connectivity index (χ4v) is 3.80. The second-order valence-electron chi connectivity index (χ2n) is 6.27. The Morgan fingerprint density at radius 2 is 2.00 bits per heavy atom. The summed E-state index contributed by atoms with van der Waals surface area (Å²) in [6, 6.07) is 8.37. The van der Waals surface area contributed by atoms with Crippen molar-refractivity contribution in [3.63, 3.8) is 0 Å². The van der Waals surface area contributed by atoms with E-state index in [9.17, 15) is 9.90 Å². The van der Waals surface area contributed by atoms with Gasteiger partial charge in [0, 0.05) is 25.6 Å². The number of carboxylic acids is 1. The van der Waals surface area contributed by atoms with E-state index in [1.54, 1.807) is 0 Å². The van der Waals surface area contributed by atoms with Crippen LogP contribution in [0.25, 0.3) is 11.0 Å². The molecule has 1 fully saturated rings. The van der Waals surface area contributed by atoms with Crippen LogP contribution in [0.1, 0.15) is 45.0 Å². The molecule has 1 aliphatic heterocycles. The van der Waals surface area contributed by atoms with Crippen molar-refractivity contribution in [1.29, 1.82) is 0 Å². The van der Waals surface area contributed by atoms with E-state index in [0.717, 1.165) is 43.7 Å². The lowest BCUT2D eigenvalue weighted by molar-refractivity contribution is -0.144. The zero-order chi connectivity index (χ0) is 16.4. The minimum Gasteiger partial charge on any atom is -0.480 e. The molecule has 0 saturated carbocycles. The fraction of sp³-hybridized carbons (Fsp3) is 0.556. The molecular formula is C18H25N3O2. The van der Waals surface area contributed by atoms with Crippen molar-refractivity contribution in [2.24, 2.45) is 0 Å². The molecule has 1 aromatic heterocycles. The lowest BCUT2D eigenvalue weighted by Crippen LogP contribution is -2.45. The van der Waals surface area contributed by atoms with Gasteiger partial charge in [-0.1, -0.05) is 26.0 Å². The molecule has 1 aromatic carbocycles. The molecule has 2 heterocycles. The van der Waals surface area contributed by atoms with Gasteiger partial charge in [-0.05, 0) is 31.4 Å². The van der Waals surface area contributed by atoms with Gasteiger partial charge in [-0.3, -0.25) is 9.69 Å². The molecule has 3 rings (SSSR count). The van der Waals surface area contributed by atoms with Gasteiger partial charge in [0.2, 0.25) is 0 Å². The first-order valence-corrected chi connectivity index (χ1v) is 8.58. The summed E-state index contributed by atoms with van der Waals surface area (Å²) in [5.41, 5.74) is 2.26. The van der Waals surface area contributed by atoms with Gasteiger partial charge >= 0.3 is 5.97 Å². The molecule has 0 bridgehead atoms. The third-order valence-corrected chi connectivity index (χ3v) is 4.96. The number of aryl methyl sites for hydroxylation is 1. The van der Waals surface area contributed by atoms with Crippen molar-refractivity contribution in [1.82, 2.24) is 14.5 Å². The van der Waals surface area contributed by atoms with Crippen LogP contribution >= 0.6 is 0 Å². The monoisotopic (exact) mass is 315 g/mol. The molecule has 5 nitrogen and oxygen atoms in total. The molecule has 2 aromatic rings. The lowest BCUT2D eigenvalue weighted by Gasteiger charge is -2.36. The highest BCUT2D eigenvalue weighted by Gasteiger charge is 2.30. The average Bonchev–Trinajstić information content (AvgIpc) is 2.94. The molecule has 1 unspecified atom stereocenters. The number of carbonyl (C=O) groups is 1. The van der Waals surface area contributed by atoms with Crippen molar-refractivity contribution in [2.75, 3.05) is 13.1 Å². The van der Waals surface area contributed by atoms with Crippen molar-refractivity contribution < 1.29 is 9.90 Å². The molecule has 1 N–H and O–H groups in total. The maximum Gasteiger partial charge on any atom is 0.320 e. The second kappa shape index (κ2) is 6.71. The number of hydrogen-bond donors (Lipinski definition) is 1. The third kappa shape index (κ3) is 2.98. The Balaban J connectivity index is 1.81. The topological polar surface area (TPSA) is 58.4 Å². The summed E-state index contributed by atoms with van der Waals surface area (Å²) in [5, 5.41) is 9.34. The van der Waals surface area contributed by atoms with E-state index in [4.69, 9.17) is 4.98 Å². The van der Waals surface area contributed by atoms with Crippen LogP contribution in [-0.2, 0) is 11.2 Å². The van der Waals surface area contributed by atoms with Crippen molar-refractivity contribution in [2.45, 2.75) is 51.6 Å². The number of aromatic nitrogens is 2. The molecule has 1 aliphatic rings. The molecule has 1 saturated heterocycles. The van der Waals surface area contributed by atoms with Crippen molar-refractivity contribution in [3.05, 3.63) is 30.1 Å². The zero-order valence-electron chi connectivity index (χ0n) is 13.9. The minimum atomic E-state index is -0.701. The molecule has 0 spiro atoms. The van der Waals surface area contributed by atoms with E-state index in [0.29, 0.717) is 12.5 Å². The summed E-state index contributed by atoms with van der Waals surface area (Å²) in [6.45, 7) is 5.77. The molecule has 0 amide bonds. The van der Waals surface area contributed by atoms with Gasteiger partial charge in [0.1, 0.15) is 11.9 Å². The largest absolute Gasteiger partial charge is 0.480 e. The Labute approximate surface area is 136 Å². The first-order valence-electron chi connectivity index (χ1n) is 8.58. The Morgan fingerprint density at radius 3 is 2.61 bits per heavy atom. The molecule has 1 atom stereocenters. The fourth-order valence-electron chi connectivity index (χ4n) is 3.80. The number of aliphatic carboxylic acids is 1. The van der Waals surface area contributed by atoms with Crippen LogP contribution < -0.4 is 0 Å². The SMILES string of the molecule is CCc1nc2ccccc2n1C1CCN(C(CC)C(=O)O)CC1. The molecule has 0 aliphatic carbocycles. The Hall–Kier alpha value is -1.88. The third-order valence-electron chi connectivity index (χ3n) is 4.96. The van der Waals surface area contributed by atoms with Gasteiger partial charge in [0.25, 0.3) is 0 Å². The predicted molar refractivity (Wildman–Crippen MR) is 90.7 cm³/mol. The quantitative estimate of drug-likeness (QED) is 0.921. The molecule has 23 heavy (non-hydrogen) atoms.